The maximum atomic E-state index is 12.7. The van der Waals surface area contributed by atoms with Crippen molar-refractivity contribution in [1.29, 1.82) is 0 Å². The van der Waals surface area contributed by atoms with Crippen LogP contribution in [0.5, 0.6) is 5.75 Å². The zero-order valence-electron chi connectivity index (χ0n) is 18.4. The number of benzene rings is 1. The molecule has 6 heteroatoms. The highest BCUT2D eigenvalue weighted by Gasteiger charge is 2.35. The van der Waals surface area contributed by atoms with Gasteiger partial charge in [-0.1, -0.05) is 54.2 Å². The number of ether oxygens (including phenoxy) is 1. The molecule has 0 aliphatic carbocycles. The Morgan fingerprint density at radius 1 is 1.17 bits per heavy atom. The number of aromatic hydroxyl groups is 1. The van der Waals surface area contributed by atoms with E-state index >= 15 is 0 Å². The van der Waals surface area contributed by atoms with Crippen molar-refractivity contribution < 1.29 is 19.4 Å². The Kier molecular flexibility index (Phi) is 6.16. The smallest absolute Gasteiger partial charge is 0.338 e. The maximum Gasteiger partial charge on any atom is 0.338 e. The van der Waals surface area contributed by atoms with Crippen LogP contribution in [-0.2, 0) is 20.4 Å². The van der Waals surface area contributed by atoms with E-state index in [2.05, 4.69) is 17.2 Å². The molecule has 1 heterocycles. The molecule has 1 aromatic carbocycles. The van der Waals surface area contributed by atoms with Crippen LogP contribution in [0.1, 0.15) is 71.2 Å². The zero-order valence-corrected chi connectivity index (χ0v) is 18.4. The van der Waals surface area contributed by atoms with Gasteiger partial charge in [0.05, 0.1) is 11.6 Å². The number of hydrogen-bond acceptors (Lipinski definition) is 4. The van der Waals surface area contributed by atoms with E-state index in [4.69, 9.17) is 4.74 Å². The zero-order chi connectivity index (χ0) is 22.1. The van der Waals surface area contributed by atoms with Gasteiger partial charge < -0.3 is 20.5 Å². The molecule has 1 aliphatic rings. The predicted octanol–water partition coefficient (Wildman–Crippen LogP) is 4.34. The average Bonchev–Trinajstić information content (AvgIpc) is 2.57. The second-order valence-corrected chi connectivity index (χ2v) is 9.42. The fraction of sp³-hybridized carbons (Fsp3) is 0.478. The highest BCUT2D eigenvalue weighted by atomic mass is 16.5. The van der Waals surface area contributed by atoms with E-state index in [1.807, 2.05) is 53.7 Å². The molecule has 0 fully saturated rings. The Labute approximate surface area is 173 Å². The molecule has 1 aliphatic heterocycles. The summed E-state index contributed by atoms with van der Waals surface area (Å²) in [5.74, 6) is -0.284. The van der Waals surface area contributed by atoms with E-state index in [0.717, 1.165) is 16.7 Å². The quantitative estimate of drug-likeness (QED) is 0.518. The fourth-order valence-electron chi connectivity index (χ4n) is 3.39. The number of esters is 1. The van der Waals surface area contributed by atoms with Crippen LogP contribution >= 0.6 is 0 Å². The van der Waals surface area contributed by atoms with Crippen LogP contribution in [0.15, 0.2) is 36.1 Å². The summed E-state index contributed by atoms with van der Waals surface area (Å²) in [6, 6.07) is 2.63. The maximum absolute atomic E-state index is 12.7. The van der Waals surface area contributed by atoms with Crippen LogP contribution in [0.2, 0.25) is 0 Å². The number of amides is 2. The van der Waals surface area contributed by atoms with Gasteiger partial charge in [0.15, 0.2) is 0 Å². The van der Waals surface area contributed by atoms with E-state index in [0.29, 0.717) is 11.3 Å². The van der Waals surface area contributed by atoms with E-state index < -0.39 is 18.0 Å². The van der Waals surface area contributed by atoms with Gasteiger partial charge in [0.2, 0.25) is 0 Å². The lowest BCUT2D eigenvalue weighted by atomic mass is 9.77. The molecule has 1 atom stereocenters. The van der Waals surface area contributed by atoms with Crippen molar-refractivity contribution >= 4 is 12.0 Å². The Hall–Kier alpha value is -2.76. The first-order valence-electron chi connectivity index (χ1n) is 9.71. The van der Waals surface area contributed by atoms with Gasteiger partial charge in [-0.05, 0) is 46.6 Å². The summed E-state index contributed by atoms with van der Waals surface area (Å²) < 4.78 is 5.25. The van der Waals surface area contributed by atoms with Gasteiger partial charge in [-0.15, -0.1) is 0 Å². The van der Waals surface area contributed by atoms with Crippen LogP contribution in [0.25, 0.3) is 0 Å². The van der Waals surface area contributed by atoms with Crippen molar-refractivity contribution in [3.63, 3.8) is 0 Å². The van der Waals surface area contributed by atoms with E-state index in [9.17, 15) is 14.7 Å². The molecule has 0 aromatic heterocycles. The molecule has 158 valence electrons. The summed E-state index contributed by atoms with van der Waals surface area (Å²) in [5, 5.41) is 16.4. The Morgan fingerprint density at radius 2 is 1.69 bits per heavy atom. The first-order valence-corrected chi connectivity index (χ1v) is 9.71. The number of urea groups is 1. The topological polar surface area (TPSA) is 87.7 Å². The first kappa shape index (κ1) is 22.5. The molecule has 6 nitrogen and oxygen atoms in total. The van der Waals surface area contributed by atoms with Crippen molar-refractivity contribution in [3.8, 4) is 5.75 Å². The average molecular weight is 401 g/mol. The van der Waals surface area contributed by atoms with Gasteiger partial charge >= 0.3 is 12.0 Å². The lowest BCUT2D eigenvalue weighted by Gasteiger charge is -2.32. The summed E-state index contributed by atoms with van der Waals surface area (Å²) in [6.07, 6.45) is 1.49. The Balaban J connectivity index is 2.72. The molecule has 3 N–H and O–H groups in total. The van der Waals surface area contributed by atoms with Crippen LogP contribution in [-0.4, -0.2) is 23.7 Å². The summed E-state index contributed by atoms with van der Waals surface area (Å²) in [6.45, 7) is 17.4. The lowest BCUT2D eigenvalue weighted by molar-refractivity contribution is -0.138. The monoisotopic (exact) mass is 400 g/mol. The minimum Gasteiger partial charge on any atom is -0.507 e. The summed E-state index contributed by atoms with van der Waals surface area (Å²) >= 11 is 0. The number of nitrogens with one attached hydrogen (secondary N) is 2. The standard InChI is InChI=1S/C23H32N2O4/c1-9-10-29-20(27)17-13(2)24-21(28)25-18(17)14-11-15(22(3,4)5)19(26)16(12-14)23(6,7)8/h9,11-12,18,26H,1,10H2,2-8H3,(H2,24,25,28)/t18-/m1/s1. The molecule has 0 bridgehead atoms. The number of carbonyl (C=O) groups excluding carboxylic acids is 2. The highest BCUT2D eigenvalue weighted by molar-refractivity contribution is 5.95. The minimum atomic E-state index is -0.691. The number of hydrogen-bond donors (Lipinski definition) is 3. The lowest BCUT2D eigenvalue weighted by Crippen LogP contribution is -2.45. The third kappa shape index (κ3) is 4.81. The Morgan fingerprint density at radius 3 is 2.14 bits per heavy atom. The van der Waals surface area contributed by atoms with Crippen LogP contribution in [0, 0.1) is 0 Å². The molecular formula is C23H32N2O4. The highest BCUT2D eigenvalue weighted by Crippen LogP contribution is 2.42. The van der Waals surface area contributed by atoms with Gasteiger partial charge in [-0.2, -0.15) is 0 Å². The predicted molar refractivity (Wildman–Crippen MR) is 114 cm³/mol. The van der Waals surface area contributed by atoms with Crippen LogP contribution < -0.4 is 10.6 Å². The van der Waals surface area contributed by atoms with Crippen LogP contribution in [0.4, 0.5) is 4.79 Å². The normalized spacial score (nSPS) is 17.5. The summed E-state index contributed by atoms with van der Waals surface area (Å²) in [4.78, 5) is 24.9. The third-order valence-corrected chi connectivity index (χ3v) is 4.90. The largest absolute Gasteiger partial charge is 0.507 e. The molecular weight excluding hydrogens is 368 g/mol. The number of phenolic OH excluding ortho intramolecular Hbond substituents is 1. The van der Waals surface area contributed by atoms with Crippen molar-refractivity contribution in [2.45, 2.75) is 65.3 Å². The molecule has 2 rings (SSSR count). The second kappa shape index (κ2) is 7.93. The van der Waals surface area contributed by atoms with Crippen molar-refractivity contribution in [2.75, 3.05) is 6.61 Å². The molecule has 0 saturated carbocycles. The van der Waals surface area contributed by atoms with Crippen molar-refractivity contribution in [2.24, 2.45) is 0 Å². The molecule has 0 unspecified atom stereocenters. The summed E-state index contributed by atoms with van der Waals surface area (Å²) in [7, 11) is 0. The van der Waals surface area contributed by atoms with Crippen molar-refractivity contribution in [3.05, 3.63) is 52.7 Å². The van der Waals surface area contributed by atoms with Gasteiger partial charge in [-0.3, -0.25) is 0 Å². The van der Waals surface area contributed by atoms with Gasteiger partial charge in [0.25, 0.3) is 0 Å². The molecule has 0 saturated heterocycles. The first-order chi connectivity index (χ1) is 13.3. The molecule has 29 heavy (non-hydrogen) atoms. The molecule has 1 aromatic rings. The molecule has 0 spiro atoms. The number of allylic oxidation sites excluding steroid dienone is 1. The third-order valence-electron chi connectivity index (χ3n) is 4.90. The van der Waals surface area contributed by atoms with Crippen LogP contribution in [0.3, 0.4) is 0 Å². The summed E-state index contributed by atoms with van der Waals surface area (Å²) in [5.41, 5.74) is 2.33. The number of carbonyl (C=O) groups is 2. The van der Waals surface area contributed by atoms with E-state index in [1.165, 1.54) is 6.08 Å². The fourth-order valence-corrected chi connectivity index (χ4v) is 3.39. The van der Waals surface area contributed by atoms with Gasteiger partial charge in [-0.25, -0.2) is 9.59 Å². The van der Waals surface area contributed by atoms with Gasteiger partial charge in [0.1, 0.15) is 12.4 Å². The van der Waals surface area contributed by atoms with E-state index in [-0.39, 0.29) is 23.2 Å². The van der Waals surface area contributed by atoms with E-state index in [1.54, 1.807) is 6.92 Å². The van der Waals surface area contributed by atoms with Gasteiger partial charge in [0, 0.05) is 5.70 Å². The number of phenols is 1. The molecule has 0 radical (unpaired) electrons. The van der Waals surface area contributed by atoms with Crippen molar-refractivity contribution in [1.82, 2.24) is 10.6 Å². The Bertz CT molecular complexity index is 835. The number of rotatable bonds is 4. The second-order valence-electron chi connectivity index (χ2n) is 9.42. The molecule has 2 amide bonds. The minimum absolute atomic E-state index is 0.0757. The SMILES string of the molecule is C=CCOC(=O)C1=C(C)NC(=O)N[C@@H]1c1cc(C(C)(C)C)c(O)c(C(C)(C)C)c1.